The molecule has 0 fully saturated rings. The highest BCUT2D eigenvalue weighted by atomic mass is 16.5. The molecule has 5 heteroatoms. The number of carbonyl (C=O) groups excluding carboxylic acids is 1. The molecule has 0 unspecified atom stereocenters. The molecule has 0 aromatic carbocycles. The molecule has 112 valence electrons. The molecule has 5 nitrogen and oxygen atoms in total. The largest absolute Gasteiger partial charge is 0.382 e. The van der Waals surface area contributed by atoms with Gasteiger partial charge in [-0.05, 0) is 39.8 Å². The zero-order valence-electron chi connectivity index (χ0n) is 13.1. The molecular formula is C15H25N3O2. The number of anilines is 1. The van der Waals surface area contributed by atoms with Crippen LogP contribution in [0.2, 0.25) is 0 Å². The first-order valence-electron chi connectivity index (χ1n) is 6.96. The lowest BCUT2D eigenvalue weighted by molar-refractivity contribution is 0.0767. The number of nitrogens with zero attached hydrogens (tertiary/aromatic N) is 2. The van der Waals surface area contributed by atoms with Crippen molar-refractivity contribution in [3.8, 4) is 0 Å². The van der Waals surface area contributed by atoms with Crippen LogP contribution in [0.5, 0.6) is 0 Å². The van der Waals surface area contributed by atoms with E-state index in [4.69, 9.17) is 4.74 Å². The fraction of sp³-hybridized carbons (Fsp3) is 0.600. The summed E-state index contributed by atoms with van der Waals surface area (Å²) in [6.45, 7) is 9.96. The molecule has 20 heavy (non-hydrogen) atoms. The zero-order valence-corrected chi connectivity index (χ0v) is 13.1. The van der Waals surface area contributed by atoms with Crippen LogP contribution in [-0.4, -0.2) is 48.1 Å². The summed E-state index contributed by atoms with van der Waals surface area (Å²) in [5.41, 5.74) is 1.13. The van der Waals surface area contributed by atoms with Gasteiger partial charge in [-0.1, -0.05) is 0 Å². The Morgan fingerprint density at radius 3 is 2.60 bits per heavy atom. The van der Waals surface area contributed by atoms with Gasteiger partial charge in [0.25, 0.3) is 5.91 Å². The third kappa shape index (κ3) is 4.49. The molecule has 1 aromatic rings. The van der Waals surface area contributed by atoms with Crippen LogP contribution < -0.4 is 5.32 Å². The molecule has 0 saturated heterocycles. The van der Waals surface area contributed by atoms with Crippen molar-refractivity contribution in [2.75, 3.05) is 32.1 Å². The Kier molecular flexibility index (Phi) is 5.95. The van der Waals surface area contributed by atoms with Crippen LogP contribution in [0, 0.1) is 0 Å². The number of carbonyl (C=O) groups is 1. The smallest absolute Gasteiger partial charge is 0.272 e. The Hall–Kier alpha value is -1.62. The highest BCUT2D eigenvalue weighted by Gasteiger charge is 2.19. The maximum Gasteiger partial charge on any atom is 0.272 e. The van der Waals surface area contributed by atoms with E-state index < -0.39 is 0 Å². The summed E-state index contributed by atoms with van der Waals surface area (Å²) in [7, 11) is 1.67. The first-order valence-corrected chi connectivity index (χ1v) is 6.96. The van der Waals surface area contributed by atoms with Gasteiger partial charge in [0, 0.05) is 32.1 Å². The van der Waals surface area contributed by atoms with Crippen molar-refractivity contribution in [3.63, 3.8) is 0 Å². The average molecular weight is 279 g/mol. The summed E-state index contributed by atoms with van der Waals surface area (Å²) >= 11 is 0. The van der Waals surface area contributed by atoms with Crippen LogP contribution in [-0.2, 0) is 4.74 Å². The number of hydrogen-bond acceptors (Lipinski definition) is 4. The zero-order chi connectivity index (χ0) is 15.2. The lowest BCUT2D eigenvalue weighted by Gasteiger charge is -2.27. The number of aromatic nitrogens is 1. The molecule has 1 amide bonds. The van der Waals surface area contributed by atoms with Crippen molar-refractivity contribution in [1.29, 1.82) is 0 Å². The van der Waals surface area contributed by atoms with Gasteiger partial charge in [0.1, 0.15) is 5.69 Å². The lowest BCUT2D eigenvalue weighted by atomic mass is 10.1. The van der Waals surface area contributed by atoms with Crippen LogP contribution in [0.15, 0.2) is 18.3 Å². The molecule has 1 heterocycles. The molecule has 0 bridgehead atoms. The standard InChI is InChI=1S/C15H25N3O2/c1-6-18(7-2)14(19)13-10-12(8-9-16-13)17-15(3,4)11-20-5/h8-10H,6-7,11H2,1-5H3,(H,16,17). The van der Waals surface area contributed by atoms with Crippen molar-refractivity contribution in [1.82, 2.24) is 9.88 Å². The molecule has 0 spiro atoms. The second-order valence-electron chi connectivity index (χ2n) is 5.35. The van der Waals surface area contributed by atoms with Crippen LogP contribution in [0.3, 0.4) is 0 Å². The molecule has 0 radical (unpaired) electrons. The van der Waals surface area contributed by atoms with Gasteiger partial charge >= 0.3 is 0 Å². The topological polar surface area (TPSA) is 54.5 Å². The minimum atomic E-state index is -0.203. The van der Waals surface area contributed by atoms with Gasteiger partial charge < -0.3 is 15.0 Å². The highest BCUT2D eigenvalue weighted by molar-refractivity contribution is 5.93. The van der Waals surface area contributed by atoms with Gasteiger partial charge in [-0.25, -0.2) is 0 Å². The Labute approximate surface area is 121 Å². The summed E-state index contributed by atoms with van der Waals surface area (Å²) in [6.07, 6.45) is 1.65. The van der Waals surface area contributed by atoms with Crippen molar-refractivity contribution >= 4 is 11.6 Å². The summed E-state index contributed by atoms with van der Waals surface area (Å²) in [5, 5.41) is 3.35. The van der Waals surface area contributed by atoms with Crippen LogP contribution in [0.4, 0.5) is 5.69 Å². The maximum absolute atomic E-state index is 12.3. The molecule has 1 N–H and O–H groups in total. The number of hydrogen-bond donors (Lipinski definition) is 1. The Morgan fingerprint density at radius 2 is 2.05 bits per heavy atom. The third-order valence-corrected chi connectivity index (χ3v) is 3.02. The van der Waals surface area contributed by atoms with Gasteiger partial charge in [0.05, 0.1) is 12.1 Å². The number of pyridine rings is 1. The van der Waals surface area contributed by atoms with Crippen molar-refractivity contribution in [2.45, 2.75) is 33.2 Å². The van der Waals surface area contributed by atoms with Crippen molar-refractivity contribution in [2.24, 2.45) is 0 Å². The van der Waals surface area contributed by atoms with E-state index in [-0.39, 0.29) is 11.4 Å². The van der Waals surface area contributed by atoms with Gasteiger partial charge in [-0.2, -0.15) is 0 Å². The Bertz CT molecular complexity index is 442. The summed E-state index contributed by atoms with van der Waals surface area (Å²) < 4.78 is 5.18. The van der Waals surface area contributed by atoms with Crippen molar-refractivity contribution in [3.05, 3.63) is 24.0 Å². The summed E-state index contributed by atoms with van der Waals surface area (Å²) in [5.74, 6) is -0.0387. The second-order valence-corrected chi connectivity index (χ2v) is 5.35. The van der Waals surface area contributed by atoms with E-state index in [2.05, 4.69) is 10.3 Å². The number of amides is 1. The van der Waals surface area contributed by atoms with E-state index in [9.17, 15) is 4.79 Å². The quantitative estimate of drug-likeness (QED) is 0.832. The number of rotatable bonds is 7. The first-order chi connectivity index (χ1) is 9.43. The fourth-order valence-electron chi connectivity index (χ4n) is 2.09. The number of nitrogens with one attached hydrogen (secondary N) is 1. The first kappa shape index (κ1) is 16.4. The fourth-order valence-corrected chi connectivity index (χ4v) is 2.09. The van der Waals surface area contributed by atoms with Crippen LogP contribution in [0.25, 0.3) is 0 Å². The number of methoxy groups -OCH3 is 1. The molecule has 1 rings (SSSR count). The predicted octanol–water partition coefficient (Wildman–Crippen LogP) is 2.40. The summed E-state index contributed by atoms with van der Waals surface area (Å²) in [6, 6.07) is 3.65. The summed E-state index contributed by atoms with van der Waals surface area (Å²) in [4.78, 5) is 18.2. The molecule has 0 aliphatic carbocycles. The van der Waals surface area contributed by atoms with Gasteiger partial charge in [0.15, 0.2) is 0 Å². The van der Waals surface area contributed by atoms with E-state index in [1.807, 2.05) is 33.8 Å². The lowest BCUT2D eigenvalue weighted by Crippen LogP contribution is -2.36. The number of ether oxygens (including phenoxy) is 1. The monoisotopic (exact) mass is 279 g/mol. The maximum atomic E-state index is 12.3. The SMILES string of the molecule is CCN(CC)C(=O)c1cc(NC(C)(C)COC)ccn1. The molecule has 0 atom stereocenters. The molecule has 0 aliphatic heterocycles. The average Bonchev–Trinajstić information content (AvgIpc) is 2.39. The van der Waals surface area contributed by atoms with E-state index in [0.29, 0.717) is 25.4 Å². The molecular weight excluding hydrogens is 254 g/mol. The minimum absolute atomic E-state index is 0.0387. The Balaban J connectivity index is 2.88. The van der Waals surface area contributed by atoms with Gasteiger partial charge in [0.2, 0.25) is 0 Å². The van der Waals surface area contributed by atoms with Crippen LogP contribution in [0.1, 0.15) is 38.2 Å². The van der Waals surface area contributed by atoms with E-state index in [1.54, 1.807) is 24.3 Å². The molecule has 0 aliphatic rings. The minimum Gasteiger partial charge on any atom is -0.382 e. The molecule has 0 saturated carbocycles. The predicted molar refractivity (Wildman–Crippen MR) is 81.1 cm³/mol. The van der Waals surface area contributed by atoms with E-state index in [1.165, 1.54) is 0 Å². The molecule has 1 aromatic heterocycles. The Morgan fingerprint density at radius 1 is 1.40 bits per heavy atom. The third-order valence-electron chi connectivity index (χ3n) is 3.02. The van der Waals surface area contributed by atoms with Crippen LogP contribution >= 0.6 is 0 Å². The van der Waals surface area contributed by atoms with Crippen molar-refractivity contribution < 1.29 is 9.53 Å². The van der Waals surface area contributed by atoms with Gasteiger partial charge in [-0.15, -0.1) is 0 Å². The normalized spacial score (nSPS) is 11.2. The second kappa shape index (κ2) is 7.24. The van der Waals surface area contributed by atoms with E-state index in [0.717, 1.165) is 5.69 Å². The van der Waals surface area contributed by atoms with Gasteiger partial charge in [-0.3, -0.25) is 9.78 Å². The van der Waals surface area contributed by atoms with E-state index >= 15 is 0 Å². The highest BCUT2D eigenvalue weighted by Crippen LogP contribution is 2.16.